The van der Waals surface area contributed by atoms with Gasteiger partial charge in [-0.05, 0) is 63.2 Å². The number of hydrogen-bond acceptors (Lipinski definition) is 2. The molecule has 0 saturated carbocycles. The summed E-state index contributed by atoms with van der Waals surface area (Å²) in [7, 11) is 0. The maximum absolute atomic E-state index is 12.9. The molecule has 5 heteroatoms. The van der Waals surface area contributed by atoms with Crippen LogP contribution in [0.25, 0.3) is 5.69 Å². The molecule has 1 N–H and O–H groups in total. The van der Waals surface area contributed by atoms with E-state index in [9.17, 15) is 9.18 Å². The zero-order valence-corrected chi connectivity index (χ0v) is 15.0. The Morgan fingerprint density at radius 1 is 1.04 bits per heavy atom. The predicted molar refractivity (Wildman–Crippen MR) is 101 cm³/mol. The van der Waals surface area contributed by atoms with Crippen LogP contribution < -0.4 is 5.43 Å². The largest absolute Gasteiger partial charge is 0.318 e. The van der Waals surface area contributed by atoms with Crippen molar-refractivity contribution in [3.8, 4) is 5.69 Å². The van der Waals surface area contributed by atoms with Crippen LogP contribution in [0.3, 0.4) is 0 Å². The van der Waals surface area contributed by atoms with E-state index in [0.29, 0.717) is 5.56 Å². The minimum atomic E-state index is -0.381. The molecule has 0 fully saturated rings. The SMILES string of the molecule is Cc1ccc(-n2c(C)cc(/C=N\NC(=O)c3ccc(F)cc3)c2C)cc1. The van der Waals surface area contributed by atoms with Crippen molar-refractivity contribution in [2.45, 2.75) is 20.8 Å². The average molecular weight is 349 g/mol. The standard InChI is InChI=1S/C21H20FN3O/c1-14-4-10-20(11-5-14)25-15(2)12-18(16(25)3)13-23-24-21(26)17-6-8-19(22)9-7-17/h4-13H,1-3H3,(H,24,26)/b23-13-. The van der Waals surface area contributed by atoms with Gasteiger partial charge in [0.25, 0.3) is 5.91 Å². The summed E-state index contributed by atoms with van der Waals surface area (Å²) in [6, 6.07) is 15.6. The van der Waals surface area contributed by atoms with Gasteiger partial charge in [0.05, 0.1) is 6.21 Å². The predicted octanol–water partition coefficient (Wildman–Crippen LogP) is 4.31. The van der Waals surface area contributed by atoms with E-state index in [4.69, 9.17) is 0 Å². The summed E-state index contributed by atoms with van der Waals surface area (Å²) in [6.07, 6.45) is 1.62. The van der Waals surface area contributed by atoms with Crippen LogP contribution in [0.4, 0.5) is 4.39 Å². The maximum atomic E-state index is 12.9. The average Bonchev–Trinajstić information content (AvgIpc) is 2.90. The molecule has 132 valence electrons. The number of rotatable bonds is 4. The number of aromatic nitrogens is 1. The molecule has 26 heavy (non-hydrogen) atoms. The van der Waals surface area contributed by atoms with Crippen molar-refractivity contribution in [3.05, 3.63) is 88.5 Å². The second-order valence-corrected chi connectivity index (χ2v) is 6.20. The fourth-order valence-corrected chi connectivity index (χ4v) is 2.84. The maximum Gasteiger partial charge on any atom is 0.271 e. The number of benzene rings is 2. The first-order valence-electron chi connectivity index (χ1n) is 8.30. The number of halogens is 1. The molecule has 3 rings (SSSR count). The lowest BCUT2D eigenvalue weighted by molar-refractivity contribution is 0.0955. The minimum absolute atomic E-state index is 0.355. The number of nitrogens with zero attached hydrogens (tertiary/aromatic N) is 2. The van der Waals surface area contributed by atoms with Crippen LogP contribution in [0.15, 0.2) is 59.7 Å². The summed E-state index contributed by atoms with van der Waals surface area (Å²) >= 11 is 0. The van der Waals surface area contributed by atoms with Crippen LogP contribution in [-0.2, 0) is 0 Å². The second kappa shape index (κ2) is 7.35. The van der Waals surface area contributed by atoms with E-state index in [1.807, 2.05) is 19.9 Å². The summed E-state index contributed by atoms with van der Waals surface area (Å²) in [4.78, 5) is 12.0. The quantitative estimate of drug-likeness (QED) is 0.554. The molecule has 3 aromatic rings. The number of carbonyl (C=O) groups is 1. The van der Waals surface area contributed by atoms with Crippen LogP contribution in [-0.4, -0.2) is 16.7 Å². The molecule has 4 nitrogen and oxygen atoms in total. The zero-order valence-electron chi connectivity index (χ0n) is 15.0. The second-order valence-electron chi connectivity index (χ2n) is 6.20. The van der Waals surface area contributed by atoms with Crippen LogP contribution in [0, 0.1) is 26.6 Å². The number of carbonyl (C=O) groups excluding carboxylic acids is 1. The van der Waals surface area contributed by atoms with Crippen molar-refractivity contribution in [2.24, 2.45) is 5.10 Å². The highest BCUT2D eigenvalue weighted by atomic mass is 19.1. The highest BCUT2D eigenvalue weighted by Crippen LogP contribution is 2.20. The molecule has 0 radical (unpaired) electrons. The van der Waals surface area contributed by atoms with E-state index in [-0.39, 0.29) is 11.7 Å². The third-order valence-corrected chi connectivity index (χ3v) is 4.24. The lowest BCUT2D eigenvalue weighted by Gasteiger charge is -2.09. The van der Waals surface area contributed by atoms with Gasteiger partial charge >= 0.3 is 0 Å². The molecule has 0 spiro atoms. The van der Waals surface area contributed by atoms with Gasteiger partial charge < -0.3 is 4.57 Å². The van der Waals surface area contributed by atoms with Crippen molar-refractivity contribution in [1.29, 1.82) is 0 Å². The Hall–Kier alpha value is -3.21. The first-order chi connectivity index (χ1) is 12.5. The van der Waals surface area contributed by atoms with Gasteiger partial charge in [0, 0.05) is 28.2 Å². The Bertz CT molecular complexity index is 954. The fraction of sp³-hybridized carbons (Fsp3) is 0.143. The Balaban J connectivity index is 1.77. The Morgan fingerprint density at radius 3 is 2.35 bits per heavy atom. The summed E-state index contributed by atoms with van der Waals surface area (Å²) in [6.45, 7) is 6.10. The highest BCUT2D eigenvalue weighted by Gasteiger charge is 2.09. The highest BCUT2D eigenvalue weighted by molar-refractivity contribution is 5.95. The first-order valence-corrected chi connectivity index (χ1v) is 8.30. The van der Waals surface area contributed by atoms with Gasteiger partial charge in [0.1, 0.15) is 5.82 Å². The molecule has 0 atom stereocenters. The van der Waals surface area contributed by atoms with E-state index < -0.39 is 0 Å². The summed E-state index contributed by atoms with van der Waals surface area (Å²) in [5.41, 5.74) is 8.15. The molecule has 1 amide bonds. The number of amides is 1. The molecular formula is C21H20FN3O. The lowest BCUT2D eigenvalue weighted by Crippen LogP contribution is -2.17. The van der Waals surface area contributed by atoms with Gasteiger partial charge in [-0.15, -0.1) is 0 Å². The molecule has 0 saturated heterocycles. The molecule has 1 aromatic heterocycles. The van der Waals surface area contributed by atoms with E-state index in [2.05, 4.69) is 46.3 Å². The van der Waals surface area contributed by atoms with E-state index in [0.717, 1.165) is 22.6 Å². The van der Waals surface area contributed by atoms with Gasteiger partial charge in [-0.3, -0.25) is 4.79 Å². The number of hydrogen-bond donors (Lipinski definition) is 1. The first kappa shape index (κ1) is 17.6. The molecule has 0 aliphatic heterocycles. The van der Waals surface area contributed by atoms with Gasteiger partial charge in [-0.25, -0.2) is 9.82 Å². The lowest BCUT2D eigenvalue weighted by atomic mass is 10.2. The molecule has 0 bridgehead atoms. The van der Waals surface area contributed by atoms with Crippen LogP contribution in [0.1, 0.15) is 32.9 Å². The third-order valence-electron chi connectivity index (χ3n) is 4.24. The molecule has 2 aromatic carbocycles. The molecule has 0 aliphatic rings. The third kappa shape index (κ3) is 3.72. The summed E-state index contributed by atoms with van der Waals surface area (Å²) in [5, 5.41) is 4.03. The Morgan fingerprint density at radius 2 is 1.69 bits per heavy atom. The van der Waals surface area contributed by atoms with Gasteiger partial charge in [-0.1, -0.05) is 17.7 Å². The molecule has 0 unspecified atom stereocenters. The van der Waals surface area contributed by atoms with Gasteiger partial charge in [0.15, 0.2) is 0 Å². The van der Waals surface area contributed by atoms with E-state index in [1.54, 1.807) is 6.21 Å². The Kier molecular flexibility index (Phi) is 4.98. The molecular weight excluding hydrogens is 329 g/mol. The van der Waals surface area contributed by atoms with Crippen molar-refractivity contribution >= 4 is 12.1 Å². The van der Waals surface area contributed by atoms with Crippen LogP contribution in [0.5, 0.6) is 0 Å². The minimum Gasteiger partial charge on any atom is -0.318 e. The fourth-order valence-electron chi connectivity index (χ4n) is 2.84. The van der Waals surface area contributed by atoms with Crippen LogP contribution >= 0.6 is 0 Å². The smallest absolute Gasteiger partial charge is 0.271 e. The van der Waals surface area contributed by atoms with Crippen molar-refractivity contribution in [1.82, 2.24) is 9.99 Å². The van der Waals surface area contributed by atoms with Crippen molar-refractivity contribution in [3.63, 3.8) is 0 Å². The number of aryl methyl sites for hydroxylation is 2. The normalized spacial score (nSPS) is 11.1. The van der Waals surface area contributed by atoms with Crippen molar-refractivity contribution in [2.75, 3.05) is 0 Å². The van der Waals surface area contributed by atoms with E-state index >= 15 is 0 Å². The topological polar surface area (TPSA) is 46.4 Å². The van der Waals surface area contributed by atoms with Gasteiger partial charge in [0.2, 0.25) is 0 Å². The number of nitrogens with one attached hydrogen (secondary N) is 1. The zero-order chi connectivity index (χ0) is 18.7. The molecule has 1 heterocycles. The molecule has 0 aliphatic carbocycles. The van der Waals surface area contributed by atoms with E-state index in [1.165, 1.54) is 29.8 Å². The Labute approximate surface area is 152 Å². The monoisotopic (exact) mass is 349 g/mol. The summed E-state index contributed by atoms with van der Waals surface area (Å²) < 4.78 is 15.0. The summed E-state index contributed by atoms with van der Waals surface area (Å²) in [5.74, 6) is -0.762. The number of hydrazone groups is 1. The van der Waals surface area contributed by atoms with Crippen molar-refractivity contribution < 1.29 is 9.18 Å². The van der Waals surface area contributed by atoms with Crippen LogP contribution in [0.2, 0.25) is 0 Å². The van der Waals surface area contributed by atoms with Gasteiger partial charge in [-0.2, -0.15) is 5.10 Å².